The fourth-order valence-corrected chi connectivity index (χ4v) is 2.92. The Balaban J connectivity index is 1.99. The molecule has 3 heterocycles. The lowest BCUT2D eigenvalue weighted by Crippen LogP contribution is -2.10. The van der Waals surface area contributed by atoms with Crippen molar-refractivity contribution < 1.29 is 9.90 Å². The quantitative estimate of drug-likeness (QED) is 0.771. The summed E-state index contributed by atoms with van der Waals surface area (Å²) in [6.07, 6.45) is 4.56. The molecule has 25 heavy (non-hydrogen) atoms. The molecular formula is C17H13N5O2S. The first-order valence-corrected chi connectivity index (χ1v) is 8.04. The number of rotatable bonds is 4. The van der Waals surface area contributed by atoms with Crippen molar-refractivity contribution in [2.75, 3.05) is 19.0 Å². The monoisotopic (exact) mass is 351 g/mol. The summed E-state index contributed by atoms with van der Waals surface area (Å²) >= 11 is 1.02. The summed E-state index contributed by atoms with van der Waals surface area (Å²) in [4.78, 5) is 25.7. The fourth-order valence-electron chi connectivity index (χ4n) is 2.20. The summed E-state index contributed by atoms with van der Waals surface area (Å²) in [7, 11) is 3.80. The minimum absolute atomic E-state index is 0.128. The molecule has 8 heteroatoms. The summed E-state index contributed by atoms with van der Waals surface area (Å²) in [6.45, 7) is 0. The van der Waals surface area contributed by atoms with E-state index in [4.69, 9.17) is 5.11 Å². The van der Waals surface area contributed by atoms with Gasteiger partial charge in [0.05, 0.1) is 17.8 Å². The van der Waals surface area contributed by atoms with Crippen LogP contribution in [0.15, 0.2) is 36.8 Å². The number of nitrogens with zero attached hydrogens (tertiary/aromatic N) is 5. The van der Waals surface area contributed by atoms with E-state index in [1.807, 2.05) is 31.1 Å². The molecule has 0 aliphatic rings. The van der Waals surface area contributed by atoms with Gasteiger partial charge >= 0.3 is 5.97 Å². The van der Waals surface area contributed by atoms with Gasteiger partial charge in [0.25, 0.3) is 0 Å². The second kappa shape index (κ2) is 6.67. The zero-order chi connectivity index (χ0) is 18.0. The first-order chi connectivity index (χ1) is 12.0. The number of carboxylic acid groups (broad SMARTS) is 1. The minimum Gasteiger partial charge on any atom is -0.477 e. The Morgan fingerprint density at radius 2 is 2.00 bits per heavy atom. The number of nitriles is 1. The lowest BCUT2D eigenvalue weighted by Gasteiger charge is -2.11. The molecule has 0 aliphatic carbocycles. The molecule has 3 rings (SSSR count). The van der Waals surface area contributed by atoms with Crippen molar-refractivity contribution in [3.63, 3.8) is 0 Å². The third-order valence-corrected chi connectivity index (χ3v) is 4.48. The van der Waals surface area contributed by atoms with Crippen molar-refractivity contribution in [1.29, 1.82) is 5.26 Å². The highest BCUT2D eigenvalue weighted by atomic mass is 32.1. The van der Waals surface area contributed by atoms with Gasteiger partial charge in [-0.05, 0) is 18.2 Å². The molecule has 0 saturated carbocycles. The smallest absolute Gasteiger partial charge is 0.347 e. The number of hydrogen-bond acceptors (Lipinski definition) is 7. The van der Waals surface area contributed by atoms with E-state index in [0.29, 0.717) is 21.8 Å². The van der Waals surface area contributed by atoms with Gasteiger partial charge < -0.3 is 10.0 Å². The molecule has 7 nitrogen and oxygen atoms in total. The number of carboxylic acids is 1. The average molecular weight is 351 g/mol. The van der Waals surface area contributed by atoms with Crippen LogP contribution in [0.2, 0.25) is 0 Å². The Labute approximate surface area is 147 Å². The summed E-state index contributed by atoms with van der Waals surface area (Å²) in [6, 6.07) is 7.51. The number of anilines is 1. The maximum Gasteiger partial charge on any atom is 0.347 e. The minimum atomic E-state index is -1.03. The van der Waals surface area contributed by atoms with E-state index < -0.39 is 5.97 Å². The van der Waals surface area contributed by atoms with E-state index in [0.717, 1.165) is 22.7 Å². The number of aromatic carboxylic acids is 1. The second-order valence-electron chi connectivity index (χ2n) is 5.36. The van der Waals surface area contributed by atoms with Gasteiger partial charge in [-0.1, -0.05) is 0 Å². The Morgan fingerprint density at radius 1 is 1.20 bits per heavy atom. The number of aromatic nitrogens is 3. The molecule has 3 aromatic rings. The molecule has 0 fully saturated rings. The maximum absolute atomic E-state index is 11.0. The predicted octanol–water partition coefficient (Wildman–Crippen LogP) is 2.90. The largest absolute Gasteiger partial charge is 0.477 e. The van der Waals surface area contributed by atoms with Gasteiger partial charge in [-0.3, -0.25) is 4.98 Å². The van der Waals surface area contributed by atoms with Crippen molar-refractivity contribution in [3.8, 4) is 27.9 Å². The molecule has 0 spiro atoms. The van der Waals surface area contributed by atoms with Gasteiger partial charge in [-0.15, -0.1) is 11.3 Å². The van der Waals surface area contributed by atoms with E-state index in [1.54, 1.807) is 18.5 Å². The molecule has 0 atom stereocenters. The molecule has 0 unspecified atom stereocenters. The standard InChI is InChI=1S/C17H13N5O2S/c1-22(2)15-4-3-10(7-20-15)12-8-19-13(5-11(12)6-18)16-21-9-14(25-16)17(23)24/h3-5,7-9H,1-2H3,(H,23,24). The van der Waals surface area contributed by atoms with Crippen LogP contribution in [0.1, 0.15) is 15.2 Å². The molecular weight excluding hydrogens is 338 g/mol. The third-order valence-electron chi connectivity index (χ3n) is 3.48. The topological polar surface area (TPSA) is 103 Å². The van der Waals surface area contributed by atoms with Gasteiger partial charge in [0.15, 0.2) is 0 Å². The summed E-state index contributed by atoms with van der Waals surface area (Å²) in [5, 5.41) is 18.9. The van der Waals surface area contributed by atoms with Crippen molar-refractivity contribution in [3.05, 3.63) is 47.2 Å². The highest BCUT2D eigenvalue weighted by molar-refractivity contribution is 7.16. The van der Waals surface area contributed by atoms with Gasteiger partial charge in [0.2, 0.25) is 0 Å². The van der Waals surface area contributed by atoms with Crippen LogP contribution in [0.3, 0.4) is 0 Å². The van der Waals surface area contributed by atoms with Crippen LogP contribution in [-0.2, 0) is 0 Å². The zero-order valence-electron chi connectivity index (χ0n) is 13.5. The lowest BCUT2D eigenvalue weighted by molar-refractivity contribution is 0.0702. The van der Waals surface area contributed by atoms with E-state index in [2.05, 4.69) is 21.0 Å². The highest BCUT2D eigenvalue weighted by Crippen LogP contribution is 2.29. The van der Waals surface area contributed by atoms with Crippen molar-refractivity contribution in [2.24, 2.45) is 0 Å². The van der Waals surface area contributed by atoms with Gasteiger partial charge in [0.1, 0.15) is 21.4 Å². The molecule has 1 N–H and O–H groups in total. The van der Waals surface area contributed by atoms with Crippen molar-refractivity contribution >= 4 is 23.1 Å². The van der Waals surface area contributed by atoms with Gasteiger partial charge in [-0.25, -0.2) is 14.8 Å². The van der Waals surface area contributed by atoms with E-state index in [9.17, 15) is 10.1 Å². The number of thiazole rings is 1. The Kier molecular flexibility index (Phi) is 4.41. The SMILES string of the molecule is CN(C)c1ccc(-c2cnc(-c3ncc(C(=O)O)s3)cc2C#N)cn1. The average Bonchev–Trinajstić information content (AvgIpc) is 3.11. The molecule has 0 radical (unpaired) electrons. The molecule has 0 aliphatic heterocycles. The Morgan fingerprint density at radius 3 is 2.56 bits per heavy atom. The van der Waals surface area contributed by atoms with Crippen LogP contribution in [0.4, 0.5) is 5.82 Å². The number of carbonyl (C=O) groups is 1. The normalized spacial score (nSPS) is 10.3. The van der Waals surface area contributed by atoms with Crippen LogP contribution in [0.5, 0.6) is 0 Å². The molecule has 0 saturated heterocycles. The first-order valence-electron chi connectivity index (χ1n) is 7.23. The fraction of sp³-hybridized carbons (Fsp3) is 0.118. The van der Waals surface area contributed by atoms with Crippen LogP contribution >= 0.6 is 11.3 Å². The maximum atomic E-state index is 11.0. The molecule has 0 aromatic carbocycles. The predicted molar refractivity (Wildman–Crippen MR) is 94.6 cm³/mol. The number of hydrogen-bond donors (Lipinski definition) is 1. The van der Waals surface area contributed by atoms with Crippen LogP contribution in [0, 0.1) is 11.3 Å². The third kappa shape index (κ3) is 3.32. The van der Waals surface area contributed by atoms with Crippen molar-refractivity contribution in [2.45, 2.75) is 0 Å². The van der Waals surface area contributed by atoms with E-state index in [-0.39, 0.29) is 4.88 Å². The van der Waals surface area contributed by atoms with Crippen molar-refractivity contribution in [1.82, 2.24) is 15.0 Å². The van der Waals surface area contributed by atoms with Gasteiger partial charge in [0, 0.05) is 37.6 Å². The van der Waals surface area contributed by atoms with Gasteiger partial charge in [-0.2, -0.15) is 5.26 Å². The zero-order valence-corrected chi connectivity index (χ0v) is 14.3. The molecule has 0 amide bonds. The summed E-state index contributed by atoms with van der Waals surface area (Å²) in [5.41, 5.74) is 2.35. The Bertz CT molecular complexity index is 973. The van der Waals surface area contributed by atoms with Crippen LogP contribution < -0.4 is 4.90 Å². The molecule has 124 valence electrons. The summed E-state index contributed by atoms with van der Waals surface area (Å²) in [5.74, 6) is -0.219. The second-order valence-corrected chi connectivity index (χ2v) is 6.39. The highest BCUT2D eigenvalue weighted by Gasteiger charge is 2.14. The first kappa shape index (κ1) is 16.5. The molecule has 0 bridgehead atoms. The molecule has 3 aromatic heterocycles. The van der Waals surface area contributed by atoms with Crippen LogP contribution in [-0.4, -0.2) is 40.1 Å². The lowest BCUT2D eigenvalue weighted by atomic mass is 10.0. The van der Waals surface area contributed by atoms with Crippen LogP contribution in [0.25, 0.3) is 21.8 Å². The van der Waals surface area contributed by atoms with E-state index in [1.165, 1.54) is 6.20 Å². The van der Waals surface area contributed by atoms with E-state index >= 15 is 0 Å². The summed E-state index contributed by atoms with van der Waals surface area (Å²) < 4.78 is 0. The Hall–Kier alpha value is -3.31. The number of pyridine rings is 2.